The van der Waals surface area contributed by atoms with Gasteiger partial charge in [0.15, 0.2) is 29.1 Å². The Bertz CT molecular complexity index is 841. The Kier molecular flexibility index (Phi) is 5.64. The Balaban J connectivity index is 3.61. The van der Waals surface area contributed by atoms with Gasteiger partial charge in [0.25, 0.3) is 0 Å². The molecule has 1 aromatic rings. The third-order valence-electron chi connectivity index (χ3n) is 2.38. The molecule has 0 aliphatic rings. The molecular formula is C10F12O3S. The summed E-state index contributed by atoms with van der Waals surface area (Å²) < 4.78 is 176. The van der Waals surface area contributed by atoms with Crippen LogP contribution in [-0.2, 0) is 14.3 Å². The van der Waals surface area contributed by atoms with Gasteiger partial charge < -0.3 is 0 Å². The molecule has 1 rings (SSSR count). The lowest BCUT2D eigenvalue weighted by Gasteiger charge is -2.16. The second-order valence-electron chi connectivity index (χ2n) is 4.07. The summed E-state index contributed by atoms with van der Waals surface area (Å²) in [6.07, 6.45) is -6.35. The molecular weight excluding hydrogens is 428 g/mol. The zero-order valence-corrected chi connectivity index (χ0v) is 12.0. The lowest BCUT2D eigenvalue weighted by molar-refractivity contribution is -0.166. The van der Waals surface area contributed by atoms with Crippen molar-refractivity contribution in [1.82, 2.24) is 0 Å². The van der Waals surface area contributed by atoms with Crippen molar-refractivity contribution < 1.29 is 65.3 Å². The number of benzene rings is 1. The summed E-state index contributed by atoms with van der Waals surface area (Å²) in [5.74, 6) is -22.6. The molecule has 0 saturated heterocycles. The van der Waals surface area contributed by atoms with Crippen LogP contribution < -0.4 is 0 Å². The van der Waals surface area contributed by atoms with E-state index in [1.807, 2.05) is 0 Å². The van der Waals surface area contributed by atoms with Crippen molar-refractivity contribution in [2.24, 2.45) is 0 Å². The van der Waals surface area contributed by atoms with Gasteiger partial charge in [0.2, 0.25) is 11.6 Å². The number of halogens is 12. The summed E-state index contributed by atoms with van der Waals surface area (Å²) in [4.78, 5) is 0. The molecule has 0 spiro atoms. The number of hydrogen-bond acceptors (Lipinski definition) is 3. The molecule has 0 unspecified atom stereocenters. The van der Waals surface area contributed by atoms with Crippen molar-refractivity contribution >= 4 is 15.9 Å². The van der Waals surface area contributed by atoms with Crippen LogP contribution in [0.5, 0.6) is 0 Å². The fourth-order valence-corrected chi connectivity index (χ4v) is 1.70. The minimum atomic E-state index is -7.25. The highest BCUT2D eigenvalue weighted by Crippen LogP contribution is 2.40. The predicted octanol–water partition coefficient (Wildman–Crippen LogP) is 4.45. The van der Waals surface area contributed by atoms with Gasteiger partial charge >= 0.3 is 21.7 Å². The Morgan fingerprint density at radius 2 is 1.08 bits per heavy atom. The summed E-state index contributed by atoms with van der Waals surface area (Å²) in [6, 6.07) is 0. The maximum absolute atomic E-state index is 13.4. The fraction of sp³-hybridized carbons (Fsp3) is 0.200. The number of rotatable bonds is 4. The summed E-state index contributed by atoms with van der Waals surface area (Å²) in [5, 5.41) is 0. The van der Waals surface area contributed by atoms with Crippen molar-refractivity contribution in [2.75, 3.05) is 0 Å². The summed E-state index contributed by atoms with van der Waals surface area (Å²) in [6.45, 7) is 0. The average Bonchev–Trinajstić information content (AvgIpc) is 2.48. The summed E-state index contributed by atoms with van der Waals surface area (Å²) in [5.41, 5.74) is -9.47. The molecule has 0 aliphatic carbocycles. The van der Waals surface area contributed by atoms with Gasteiger partial charge in [-0.1, -0.05) is 0 Å². The summed E-state index contributed by atoms with van der Waals surface area (Å²) in [7, 11) is -7.25. The minimum Gasteiger partial charge on any atom is -0.203 e. The van der Waals surface area contributed by atoms with Gasteiger partial charge in [-0.25, -0.2) is 26.3 Å². The third kappa shape index (κ3) is 3.74. The molecule has 0 aliphatic heterocycles. The van der Waals surface area contributed by atoms with Crippen LogP contribution in [0.25, 0.3) is 5.83 Å². The molecule has 16 heteroatoms. The molecule has 0 saturated carbocycles. The van der Waals surface area contributed by atoms with Crippen molar-refractivity contribution in [2.45, 2.75) is 11.6 Å². The third-order valence-corrected chi connectivity index (χ3v) is 3.37. The Morgan fingerprint density at radius 3 is 1.42 bits per heavy atom. The molecule has 26 heavy (non-hydrogen) atoms. The second kappa shape index (κ2) is 6.64. The van der Waals surface area contributed by atoms with Gasteiger partial charge in [-0.3, -0.25) is 0 Å². The van der Waals surface area contributed by atoms with Crippen molar-refractivity contribution in [3.63, 3.8) is 0 Å². The fourth-order valence-electron chi connectivity index (χ4n) is 1.26. The highest BCUT2D eigenvalue weighted by Gasteiger charge is 2.56. The molecule has 148 valence electrons. The molecule has 0 aromatic heterocycles. The molecule has 0 heterocycles. The van der Waals surface area contributed by atoms with Crippen LogP contribution in [0.4, 0.5) is 52.7 Å². The van der Waals surface area contributed by atoms with E-state index in [0.29, 0.717) is 0 Å². The van der Waals surface area contributed by atoms with Crippen LogP contribution in [0, 0.1) is 29.1 Å². The Hall–Kier alpha value is -1.97. The number of hydrogen-bond donors (Lipinski definition) is 0. The molecule has 1 aromatic carbocycles. The maximum Gasteiger partial charge on any atom is 0.523 e. The largest absolute Gasteiger partial charge is 0.523 e. The van der Waals surface area contributed by atoms with E-state index >= 15 is 0 Å². The normalized spacial score (nSPS) is 14.5. The van der Waals surface area contributed by atoms with Crippen molar-refractivity contribution in [1.29, 1.82) is 0 Å². The van der Waals surface area contributed by atoms with E-state index in [4.69, 9.17) is 0 Å². The van der Waals surface area contributed by atoms with Crippen LogP contribution in [0.3, 0.4) is 0 Å². The average molecular weight is 428 g/mol. The van der Waals surface area contributed by atoms with Crippen LogP contribution in [-0.4, -0.2) is 20.0 Å². The van der Waals surface area contributed by atoms with Gasteiger partial charge in [0.1, 0.15) is 0 Å². The molecule has 0 N–H and O–H groups in total. The van der Waals surface area contributed by atoms with Gasteiger partial charge in [-0.05, 0) is 0 Å². The number of alkyl halides is 5. The van der Waals surface area contributed by atoms with E-state index in [-0.39, 0.29) is 0 Å². The first-order chi connectivity index (χ1) is 11.5. The molecule has 0 radical (unpaired) electrons. The van der Waals surface area contributed by atoms with E-state index in [2.05, 4.69) is 4.18 Å². The van der Waals surface area contributed by atoms with Crippen molar-refractivity contribution in [3.05, 3.63) is 40.5 Å². The SMILES string of the molecule is O=S(=O)(OC(F)(F)/C(F)=C(\F)c1c(F)c(F)c(F)c(F)c1F)C(F)(F)F. The smallest absolute Gasteiger partial charge is 0.203 e. The van der Waals surface area contributed by atoms with E-state index in [1.165, 1.54) is 0 Å². The lowest BCUT2D eigenvalue weighted by atomic mass is 10.1. The van der Waals surface area contributed by atoms with E-state index in [0.717, 1.165) is 0 Å². The minimum absolute atomic E-state index is 2.09. The Labute approximate surface area is 134 Å². The monoisotopic (exact) mass is 428 g/mol. The van der Waals surface area contributed by atoms with E-state index < -0.39 is 68.0 Å². The standard InChI is InChI=1S/C10F12O3S/c11-2-1(3(12)6(15)7(16)5(2)14)4(13)8(17)9(18,19)25-26(23,24)10(20,21)22/b8-4+. The predicted molar refractivity (Wildman–Crippen MR) is 56.4 cm³/mol. The van der Waals surface area contributed by atoms with Crippen LogP contribution in [0.1, 0.15) is 5.56 Å². The van der Waals surface area contributed by atoms with E-state index in [1.54, 1.807) is 0 Å². The molecule has 3 nitrogen and oxygen atoms in total. The van der Waals surface area contributed by atoms with Gasteiger partial charge in [-0.15, -0.1) is 0 Å². The van der Waals surface area contributed by atoms with Crippen LogP contribution in [0.15, 0.2) is 5.83 Å². The molecule has 0 amide bonds. The zero-order valence-electron chi connectivity index (χ0n) is 11.2. The summed E-state index contributed by atoms with van der Waals surface area (Å²) >= 11 is 0. The van der Waals surface area contributed by atoms with Crippen molar-refractivity contribution in [3.8, 4) is 0 Å². The molecule has 0 bridgehead atoms. The van der Waals surface area contributed by atoms with Crippen LogP contribution >= 0.6 is 0 Å². The van der Waals surface area contributed by atoms with Crippen LogP contribution in [0.2, 0.25) is 0 Å². The van der Waals surface area contributed by atoms with Gasteiger partial charge in [0, 0.05) is 0 Å². The first-order valence-electron chi connectivity index (χ1n) is 5.43. The lowest BCUT2D eigenvalue weighted by Crippen LogP contribution is -2.34. The topological polar surface area (TPSA) is 43.4 Å². The highest BCUT2D eigenvalue weighted by atomic mass is 32.2. The Morgan fingerprint density at radius 1 is 0.731 bits per heavy atom. The maximum atomic E-state index is 13.4. The zero-order chi connectivity index (χ0) is 20.8. The second-order valence-corrected chi connectivity index (χ2v) is 5.61. The van der Waals surface area contributed by atoms with Gasteiger partial charge in [-0.2, -0.15) is 38.9 Å². The quantitative estimate of drug-likeness (QED) is 0.234. The van der Waals surface area contributed by atoms with E-state index in [9.17, 15) is 61.1 Å². The first-order valence-corrected chi connectivity index (χ1v) is 6.83. The van der Waals surface area contributed by atoms with Gasteiger partial charge in [0.05, 0.1) is 5.56 Å². The molecule has 0 atom stereocenters. The first kappa shape index (κ1) is 22.1. The molecule has 0 fully saturated rings. The highest BCUT2D eigenvalue weighted by molar-refractivity contribution is 7.87.